The van der Waals surface area contributed by atoms with Crippen molar-refractivity contribution in [3.05, 3.63) is 78.4 Å². The summed E-state index contributed by atoms with van der Waals surface area (Å²) in [5.41, 5.74) is 1.51. The molecule has 0 aliphatic carbocycles. The SMILES string of the molecule is Cn1cnc(COc2nc3c(cc2-c2ccccc2F)nnn3-c2ccccc2F)n1. The zero-order valence-electron chi connectivity index (χ0n) is 16.3. The molecule has 10 heteroatoms. The third-order valence-corrected chi connectivity index (χ3v) is 4.62. The highest BCUT2D eigenvalue weighted by Crippen LogP contribution is 2.33. The van der Waals surface area contributed by atoms with E-state index in [-0.39, 0.29) is 23.8 Å². The number of pyridine rings is 1. The van der Waals surface area contributed by atoms with E-state index in [1.165, 1.54) is 16.8 Å². The van der Waals surface area contributed by atoms with Gasteiger partial charge in [0.25, 0.3) is 0 Å². The van der Waals surface area contributed by atoms with Gasteiger partial charge in [-0.15, -0.1) is 5.10 Å². The molecule has 0 aliphatic heterocycles. The molecule has 2 aromatic carbocycles. The number of fused-ring (bicyclic) bond motifs is 1. The molecule has 154 valence electrons. The fraction of sp³-hybridized carbons (Fsp3) is 0.0952. The van der Waals surface area contributed by atoms with Gasteiger partial charge in [0.2, 0.25) is 5.88 Å². The fourth-order valence-corrected chi connectivity index (χ4v) is 3.19. The minimum Gasteiger partial charge on any atom is -0.469 e. The van der Waals surface area contributed by atoms with E-state index < -0.39 is 11.6 Å². The van der Waals surface area contributed by atoms with E-state index in [1.54, 1.807) is 60.5 Å². The summed E-state index contributed by atoms with van der Waals surface area (Å²) >= 11 is 0. The van der Waals surface area contributed by atoms with Gasteiger partial charge in [-0.25, -0.2) is 13.8 Å². The van der Waals surface area contributed by atoms with Gasteiger partial charge in [0.1, 0.15) is 29.2 Å². The summed E-state index contributed by atoms with van der Waals surface area (Å²) in [4.78, 5) is 8.64. The number of aromatic nitrogens is 7. The number of halogens is 2. The molecule has 0 N–H and O–H groups in total. The van der Waals surface area contributed by atoms with E-state index in [2.05, 4.69) is 25.4 Å². The lowest BCUT2D eigenvalue weighted by Crippen LogP contribution is -2.05. The van der Waals surface area contributed by atoms with Gasteiger partial charge in [-0.3, -0.25) is 4.68 Å². The number of aryl methyl sites for hydroxylation is 1. The van der Waals surface area contributed by atoms with Gasteiger partial charge < -0.3 is 4.74 Å². The Bertz CT molecular complexity index is 1400. The summed E-state index contributed by atoms with van der Waals surface area (Å²) in [6.07, 6.45) is 1.55. The zero-order chi connectivity index (χ0) is 21.4. The van der Waals surface area contributed by atoms with Crippen LogP contribution in [0.25, 0.3) is 28.0 Å². The smallest absolute Gasteiger partial charge is 0.224 e. The molecule has 5 aromatic rings. The van der Waals surface area contributed by atoms with Crippen molar-refractivity contribution >= 4 is 11.2 Å². The second kappa shape index (κ2) is 7.56. The molecule has 0 radical (unpaired) electrons. The van der Waals surface area contributed by atoms with Crippen LogP contribution in [0.3, 0.4) is 0 Å². The summed E-state index contributed by atoms with van der Waals surface area (Å²) < 4.78 is 37.6. The van der Waals surface area contributed by atoms with E-state index >= 15 is 0 Å². The topological polar surface area (TPSA) is 83.5 Å². The van der Waals surface area contributed by atoms with Crippen molar-refractivity contribution in [3.8, 4) is 22.7 Å². The molecule has 31 heavy (non-hydrogen) atoms. The van der Waals surface area contributed by atoms with E-state index in [0.717, 1.165) is 0 Å². The molecule has 0 atom stereocenters. The van der Waals surface area contributed by atoms with Crippen LogP contribution in [0.15, 0.2) is 60.9 Å². The molecule has 3 heterocycles. The van der Waals surface area contributed by atoms with E-state index in [4.69, 9.17) is 4.74 Å². The maximum Gasteiger partial charge on any atom is 0.224 e. The number of hydrogen-bond donors (Lipinski definition) is 0. The molecule has 3 aromatic heterocycles. The number of benzene rings is 2. The summed E-state index contributed by atoms with van der Waals surface area (Å²) in [5, 5.41) is 12.3. The minimum absolute atomic E-state index is 0.0159. The Morgan fingerprint density at radius 3 is 2.48 bits per heavy atom. The Labute approximate surface area is 174 Å². The van der Waals surface area contributed by atoms with Gasteiger partial charge in [-0.1, -0.05) is 35.5 Å². The molecule has 0 fully saturated rings. The highest BCUT2D eigenvalue weighted by atomic mass is 19.1. The second-order valence-electron chi connectivity index (χ2n) is 6.74. The first kappa shape index (κ1) is 18.8. The molecule has 0 saturated heterocycles. The van der Waals surface area contributed by atoms with Gasteiger partial charge in [-0.2, -0.15) is 14.8 Å². The first-order valence-electron chi connectivity index (χ1n) is 9.34. The van der Waals surface area contributed by atoms with Crippen molar-refractivity contribution in [3.63, 3.8) is 0 Å². The van der Waals surface area contributed by atoms with Crippen LogP contribution in [-0.2, 0) is 13.7 Å². The minimum atomic E-state index is -0.477. The predicted molar refractivity (Wildman–Crippen MR) is 107 cm³/mol. The van der Waals surface area contributed by atoms with Crippen LogP contribution < -0.4 is 4.74 Å². The number of para-hydroxylation sites is 1. The first-order valence-corrected chi connectivity index (χ1v) is 9.34. The number of hydrogen-bond acceptors (Lipinski definition) is 6. The molecule has 8 nitrogen and oxygen atoms in total. The normalized spacial score (nSPS) is 11.2. The highest BCUT2D eigenvalue weighted by molar-refractivity contribution is 5.82. The molecule has 0 bridgehead atoms. The number of nitrogens with zero attached hydrogens (tertiary/aromatic N) is 7. The predicted octanol–water partition coefficient (Wildman–Crippen LogP) is 3.47. The van der Waals surface area contributed by atoms with Crippen molar-refractivity contribution in [2.75, 3.05) is 0 Å². The number of rotatable bonds is 5. The van der Waals surface area contributed by atoms with Crippen LogP contribution in [0.5, 0.6) is 5.88 Å². The summed E-state index contributed by atoms with van der Waals surface area (Å²) in [5.74, 6) is -0.352. The Hall–Kier alpha value is -4.21. The van der Waals surface area contributed by atoms with Crippen LogP contribution in [-0.4, -0.2) is 34.7 Å². The van der Waals surface area contributed by atoms with Gasteiger partial charge in [0, 0.05) is 18.2 Å². The third-order valence-electron chi connectivity index (χ3n) is 4.62. The van der Waals surface area contributed by atoms with Crippen molar-refractivity contribution in [2.45, 2.75) is 6.61 Å². The average Bonchev–Trinajstić information content (AvgIpc) is 3.38. The maximum atomic E-state index is 14.5. The standard InChI is InChI=1S/C21H15F2N7O/c1-29-12-24-19(27-29)11-31-21-14(13-6-2-3-7-15(13)22)10-17-20(25-21)30(28-26-17)18-9-5-4-8-16(18)23/h2-10,12H,11H2,1H3. The lowest BCUT2D eigenvalue weighted by molar-refractivity contribution is 0.286. The van der Waals surface area contributed by atoms with Crippen LogP contribution in [0.1, 0.15) is 5.82 Å². The lowest BCUT2D eigenvalue weighted by Gasteiger charge is -2.11. The van der Waals surface area contributed by atoms with Crippen molar-refractivity contribution < 1.29 is 13.5 Å². The molecule has 5 rings (SSSR count). The summed E-state index contributed by atoms with van der Waals surface area (Å²) in [6.45, 7) is 0.0159. The summed E-state index contributed by atoms with van der Waals surface area (Å²) in [6, 6.07) is 14.0. The fourth-order valence-electron chi connectivity index (χ4n) is 3.19. The van der Waals surface area contributed by atoms with Crippen molar-refractivity contribution in [1.29, 1.82) is 0 Å². The van der Waals surface area contributed by atoms with E-state index in [0.29, 0.717) is 22.5 Å². The van der Waals surface area contributed by atoms with E-state index in [1.807, 2.05) is 0 Å². The largest absolute Gasteiger partial charge is 0.469 e. The lowest BCUT2D eigenvalue weighted by atomic mass is 10.1. The molecule has 0 aliphatic rings. The van der Waals surface area contributed by atoms with Crippen LogP contribution in [0.2, 0.25) is 0 Å². The third kappa shape index (κ3) is 3.48. The Kier molecular flexibility index (Phi) is 4.58. The first-order chi connectivity index (χ1) is 15.1. The van der Waals surface area contributed by atoms with Gasteiger partial charge in [-0.05, 0) is 24.3 Å². The molecular formula is C21H15F2N7O. The van der Waals surface area contributed by atoms with E-state index in [9.17, 15) is 8.78 Å². The summed E-state index contributed by atoms with van der Waals surface area (Å²) in [7, 11) is 1.74. The average molecular weight is 419 g/mol. The maximum absolute atomic E-state index is 14.5. The second-order valence-corrected chi connectivity index (χ2v) is 6.74. The van der Waals surface area contributed by atoms with Crippen molar-refractivity contribution in [1.82, 2.24) is 34.7 Å². The molecule has 0 amide bonds. The Morgan fingerprint density at radius 1 is 0.968 bits per heavy atom. The Balaban J connectivity index is 1.66. The van der Waals surface area contributed by atoms with Gasteiger partial charge >= 0.3 is 0 Å². The molecule has 0 saturated carbocycles. The molecule has 0 spiro atoms. The monoisotopic (exact) mass is 419 g/mol. The van der Waals surface area contributed by atoms with Gasteiger partial charge in [0.15, 0.2) is 18.1 Å². The van der Waals surface area contributed by atoms with Crippen LogP contribution in [0, 0.1) is 11.6 Å². The van der Waals surface area contributed by atoms with Gasteiger partial charge in [0.05, 0.1) is 0 Å². The molecular weight excluding hydrogens is 404 g/mol. The number of ether oxygens (including phenoxy) is 1. The molecule has 0 unspecified atom stereocenters. The van der Waals surface area contributed by atoms with Crippen molar-refractivity contribution in [2.24, 2.45) is 7.05 Å². The quantitative estimate of drug-likeness (QED) is 0.434. The van der Waals surface area contributed by atoms with Crippen LogP contribution >= 0.6 is 0 Å². The van der Waals surface area contributed by atoms with Crippen LogP contribution in [0.4, 0.5) is 8.78 Å². The highest BCUT2D eigenvalue weighted by Gasteiger charge is 2.19. The zero-order valence-corrected chi connectivity index (χ0v) is 16.3. The Morgan fingerprint density at radius 2 is 1.74 bits per heavy atom.